The van der Waals surface area contributed by atoms with Crippen LogP contribution in [-0.2, 0) is 0 Å². The van der Waals surface area contributed by atoms with Crippen molar-refractivity contribution in [2.45, 2.75) is 17.2 Å². The largest absolute Gasteiger partial charge is 0.350 e. The number of alkyl halides is 2. The highest BCUT2D eigenvalue weighted by atomic mass is 32.2. The molecule has 0 atom stereocenters. The third kappa shape index (κ3) is 4.07. The van der Waals surface area contributed by atoms with Gasteiger partial charge in [-0.25, -0.2) is 18.2 Å². The number of carbonyl (C=O) groups excluding carboxylic acids is 1. The van der Waals surface area contributed by atoms with Gasteiger partial charge in [0.05, 0.1) is 17.8 Å². The van der Waals surface area contributed by atoms with Crippen molar-refractivity contribution >= 4 is 29.2 Å². The minimum absolute atomic E-state index is 0.195. The van der Waals surface area contributed by atoms with Gasteiger partial charge in [-0.3, -0.25) is 4.79 Å². The Morgan fingerprint density at radius 3 is 2.72 bits per heavy atom. The number of carbonyl (C=O) groups is 1. The number of halogens is 3. The second kappa shape index (κ2) is 6.95. The first-order valence-electron chi connectivity index (χ1n) is 7.62. The van der Waals surface area contributed by atoms with E-state index in [1.54, 1.807) is 12.3 Å². The van der Waals surface area contributed by atoms with Gasteiger partial charge in [0.2, 0.25) is 0 Å². The van der Waals surface area contributed by atoms with Crippen molar-refractivity contribution in [1.29, 1.82) is 0 Å². The fraction of sp³-hybridized carbons (Fsp3) is 0.294. The predicted molar refractivity (Wildman–Crippen MR) is 92.1 cm³/mol. The Morgan fingerprint density at radius 2 is 2.12 bits per heavy atom. The molecule has 0 radical (unpaired) electrons. The summed E-state index contributed by atoms with van der Waals surface area (Å²) >= 11 is 1.32. The highest BCUT2D eigenvalue weighted by Crippen LogP contribution is 2.30. The summed E-state index contributed by atoms with van der Waals surface area (Å²) < 4.78 is 39.8. The molecule has 8 heteroatoms. The van der Waals surface area contributed by atoms with E-state index in [-0.39, 0.29) is 25.3 Å². The molecule has 0 spiro atoms. The second-order valence-electron chi connectivity index (χ2n) is 5.73. The van der Waals surface area contributed by atoms with Crippen LogP contribution in [0.3, 0.4) is 0 Å². The first kappa shape index (κ1) is 17.6. The smallest absolute Gasteiger partial charge is 0.266 e. The lowest BCUT2D eigenvalue weighted by atomic mass is 10.2. The summed E-state index contributed by atoms with van der Waals surface area (Å²) in [5.41, 5.74) is 0.799. The van der Waals surface area contributed by atoms with Crippen LogP contribution in [0.2, 0.25) is 0 Å². The number of anilines is 2. The van der Waals surface area contributed by atoms with Crippen LogP contribution < -0.4 is 10.2 Å². The van der Waals surface area contributed by atoms with E-state index in [2.05, 4.69) is 10.3 Å². The molecule has 2 heterocycles. The number of thioether (sulfide) groups is 1. The number of hydrogen-bond donors (Lipinski definition) is 1. The van der Waals surface area contributed by atoms with E-state index in [9.17, 15) is 18.0 Å². The van der Waals surface area contributed by atoms with Crippen molar-refractivity contribution in [1.82, 2.24) is 4.98 Å². The SMILES string of the molecule is CSc1cc(F)ccc1NC(=O)c1ccc(N2CCC(F)(F)C2)nc1. The van der Waals surface area contributed by atoms with E-state index in [4.69, 9.17) is 0 Å². The molecule has 4 nitrogen and oxygen atoms in total. The van der Waals surface area contributed by atoms with Gasteiger partial charge in [-0.05, 0) is 36.6 Å². The minimum atomic E-state index is -2.70. The van der Waals surface area contributed by atoms with Gasteiger partial charge in [-0.2, -0.15) is 0 Å². The van der Waals surface area contributed by atoms with Crippen molar-refractivity contribution < 1.29 is 18.0 Å². The monoisotopic (exact) mass is 367 g/mol. The van der Waals surface area contributed by atoms with Crippen molar-refractivity contribution in [2.75, 3.05) is 29.6 Å². The molecule has 0 saturated carbocycles. The third-order valence-electron chi connectivity index (χ3n) is 3.92. The van der Waals surface area contributed by atoms with Crippen molar-refractivity contribution in [3.63, 3.8) is 0 Å². The molecule has 1 aliphatic rings. The lowest BCUT2D eigenvalue weighted by Gasteiger charge is -2.17. The van der Waals surface area contributed by atoms with E-state index in [0.29, 0.717) is 22.0 Å². The van der Waals surface area contributed by atoms with E-state index >= 15 is 0 Å². The van der Waals surface area contributed by atoms with Crippen LogP contribution in [0.15, 0.2) is 41.4 Å². The Morgan fingerprint density at radius 1 is 1.32 bits per heavy atom. The summed E-state index contributed by atoms with van der Waals surface area (Å²) in [5.74, 6) is -3.06. The summed E-state index contributed by atoms with van der Waals surface area (Å²) in [4.78, 5) is 18.5. The molecule has 1 saturated heterocycles. The molecular formula is C17H16F3N3OS. The Balaban J connectivity index is 1.71. The maximum Gasteiger partial charge on any atom is 0.266 e. The van der Waals surface area contributed by atoms with Crippen LogP contribution >= 0.6 is 11.8 Å². The number of hydrogen-bond acceptors (Lipinski definition) is 4. The van der Waals surface area contributed by atoms with Crippen LogP contribution in [0, 0.1) is 5.82 Å². The Labute approximate surface area is 147 Å². The Hall–Kier alpha value is -2.22. The topological polar surface area (TPSA) is 45.2 Å². The maximum absolute atomic E-state index is 13.3. The van der Waals surface area contributed by atoms with Gasteiger partial charge in [0.15, 0.2) is 0 Å². The van der Waals surface area contributed by atoms with Crippen LogP contribution in [0.1, 0.15) is 16.8 Å². The third-order valence-corrected chi connectivity index (χ3v) is 4.69. The number of nitrogens with zero attached hydrogens (tertiary/aromatic N) is 2. The van der Waals surface area contributed by atoms with Crippen LogP contribution in [0.25, 0.3) is 0 Å². The predicted octanol–water partition coefficient (Wildman–Crippen LogP) is 4.04. The Kier molecular flexibility index (Phi) is 4.89. The quantitative estimate of drug-likeness (QED) is 0.829. The molecule has 3 rings (SSSR count). The van der Waals surface area contributed by atoms with Gasteiger partial charge in [0, 0.05) is 24.1 Å². The van der Waals surface area contributed by atoms with Gasteiger partial charge in [0.25, 0.3) is 11.8 Å². The molecule has 1 fully saturated rings. The summed E-state index contributed by atoms with van der Waals surface area (Å²) in [6.07, 6.45) is 2.94. The molecule has 1 aliphatic heterocycles. The lowest BCUT2D eigenvalue weighted by molar-refractivity contribution is 0.0256. The van der Waals surface area contributed by atoms with Gasteiger partial charge in [0.1, 0.15) is 11.6 Å². The fourth-order valence-electron chi connectivity index (χ4n) is 2.60. The molecule has 2 aromatic rings. The molecule has 0 bridgehead atoms. The highest BCUT2D eigenvalue weighted by molar-refractivity contribution is 7.98. The standard InChI is InChI=1S/C17H16F3N3OS/c1-25-14-8-12(18)3-4-13(14)22-16(24)11-2-5-15(21-9-11)23-7-6-17(19,20)10-23/h2-5,8-9H,6-7,10H2,1H3,(H,22,24). The normalized spacial score (nSPS) is 16.1. The van der Waals surface area contributed by atoms with E-state index in [0.717, 1.165) is 0 Å². The summed E-state index contributed by atoms with van der Waals surface area (Å²) in [5, 5.41) is 2.71. The molecule has 0 unspecified atom stereocenters. The number of pyridine rings is 1. The van der Waals surface area contributed by atoms with Gasteiger partial charge >= 0.3 is 0 Å². The summed E-state index contributed by atoms with van der Waals surface area (Å²) in [7, 11) is 0. The first-order valence-corrected chi connectivity index (χ1v) is 8.84. The number of rotatable bonds is 4. The number of amides is 1. The molecule has 1 aromatic heterocycles. The summed E-state index contributed by atoms with van der Waals surface area (Å²) in [6, 6.07) is 7.19. The maximum atomic E-state index is 13.3. The lowest BCUT2D eigenvalue weighted by Crippen LogP contribution is -2.25. The average Bonchev–Trinajstić information content (AvgIpc) is 2.96. The number of aromatic nitrogens is 1. The zero-order valence-corrected chi connectivity index (χ0v) is 14.2. The van der Waals surface area contributed by atoms with Crippen LogP contribution in [0.5, 0.6) is 0 Å². The summed E-state index contributed by atoms with van der Waals surface area (Å²) in [6.45, 7) is -0.129. The van der Waals surface area contributed by atoms with E-state index < -0.39 is 11.8 Å². The first-order chi connectivity index (χ1) is 11.9. The molecule has 1 N–H and O–H groups in total. The average molecular weight is 367 g/mol. The molecule has 25 heavy (non-hydrogen) atoms. The van der Waals surface area contributed by atoms with Crippen molar-refractivity contribution in [2.24, 2.45) is 0 Å². The second-order valence-corrected chi connectivity index (χ2v) is 6.58. The van der Waals surface area contributed by atoms with Gasteiger partial charge < -0.3 is 10.2 Å². The number of benzene rings is 1. The van der Waals surface area contributed by atoms with Crippen molar-refractivity contribution in [3.05, 3.63) is 47.9 Å². The van der Waals surface area contributed by atoms with Crippen molar-refractivity contribution in [3.8, 4) is 0 Å². The van der Waals surface area contributed by atoms with Gasteiger partial charge in [-0.15, -0.1) is 11.8 Å². The number of nitrogens with one attached hydrogen (secondary N) is 1. The zero-order valence-electron chi connectivity index (χ0n) is 13.4. The van der Waals surface area contributed by atoms with E-state index in [1.807, 2.05) is 0 Å². The molecule has 0 aliphatic carbocycles. The fourth-order valence-corrected chi connectivity index (χ4v) is 3.17. The van der Waals surface area contributed by atoms with Crippen LogP contribution in [-0.4, -0.2) is 36.2 Å². The molecule has 1 amide bonds. The molecule has 132 valence electrons. The molecule has 1 aromatic carbocycles. The van der Waals surface area contributed by atoms with Crippen LogP contribution in [0.4, 0.5) is 24.7 Å². The van der Waals surface area contributed by atoms with Gasteiger partial charge in [-0.1, -0.05) is 0 Å². The highest BCUT2D eigenvalue weighted by Gasteiger charge is 2.38. The zero-order chi connectivity index (χ0) is 18.0. The Bertz CT molecular complexity index is 783. The molecular weight excluding hydrogens is 351 g/mol. The van der Waals surface area contributed by atoms with E-state index in [1.165, 1.54) is 47.1 Å². The minimum Gasteiger partial charge on any atom is -0.350 e.